The van der Waals surface area contributed by atoms with E-state index in [2.05, 4.69) is 4.98 Å². The van der Waals surface area contributed by atoms with E-state index in [1.807, 2.05) is 0 Å². The van der Waals surface area contributed by atoms with Crippen molar-refractivity contribution in [1.82, 2.24) is 9.55 Å². The highest BCUT2D eigenvalue weighted by molar-refractivity contribution is 6.50. The SMILES string of the molecule is OC[C@H]1O[C@@H](n2c(Cl)nc3c(Cl)c(Cl)c(Cl)cc32)[C@H](O)[C@@H]1O. The van der Waals surface area contributed by atoms with E-state index in [4.69, 9.17) is 56.2 Å². The number of fused-ring (bicyclic) bond motifs is 1. The quantitative estimate of drug-likeness (QED) is 0.688. The second-order valence-electron chi connectivity index (χ2n) is 4.83. The lowest BCUT2D eigenvalue weighted by Crippen LogP contribution is -2.33. The van der Waals surface area contributed by atoms with Crippen LogP contribution in [0.3, 0.4) is 0 Å². The molecule has 0 spiro atoms. The third-order valence-corrected chi connectivity index (χ3v) is 5.07. The summed E-state index contributed by atoms with van der Waals surface area (Å²) >= 11 is 24.2. The van der Waals surface area contributed by atoms with E-state index < -0.39 is 31.1 Å². The van der Waals surface area contributed by atoms with E-state index >= 15 is 0 Å². The van der Waals surface area contributed by atoms with Crippen molar-refractivity contribution in [2.24, 2.45) is 0 Å². The standard InChI is InChI=1S/C12H10Cl4N2O4/c13-3-1-4-8(7(15)6(3)14)17-12(16)18(4)11-10(21)9(20)5(2-19)22-11/h1,5,9-11,19-21H,2H2/t5-,9-,10-,11-/m1/s1. The minimum atomic E-state index is -1.31. The lowest BCUT2D eigenvalue weighted by atomic mass is 10.1. The first-order valence-electron chi connectivity index (χ1n) is 6.20. The van der Waals surface area contributed by atoms with Crippen molar-refractivity contribution in [2.75, 3.05) is 6.61 Å². The number of imidazole rings is 1. The second-order valence-corrected chi connectivity index (χ2v) is 6.33. The number of hydrogen-bond acceptors (Lipinski definition) is 5. The van der Waals surface area contributed by atoms with Gasteiger partial charge in [-0.15, -0.1) is 0 Å². The Balaban J connectivity index is 2.18. The van der Waals surface area contributed by atoms with Crippen LogP contribution in [0.1, 0.15) is 6.23 Å². The van der Waals surface area contributed by atoms with Gasteiger partial charge < -0.3 is 20.1 Å². The summed E-state index contributed by atoms with van der Waals surface area (Å²) in [7, 11) is 0. The van der Waals surface area contributed by atoms with E-state index in [1.165, 1.54) is 10.6 Å². The molecular formula is C12H10Cl4N2O4. The smallest absolute Gasteiger partial charge is 0.206 e. The third-order valence-electron chi connectivity index (χ3n) is 3.55. The number of hydrogen-bond donors (Lipinski definition) is 3. The summed E-state index contributed by atoms with van der Waals surface area (Å²) in [6, 6.07) is 1.48. The summed E-state index contributed by atoms with van der Waals surface area (Å²) < 4.78 is 6.79. The fourth-order valence-electron chi connectivity index (χ4n) is 2.44. The molecule has 10 heteroatoms. The lowest BCUT2D eigenvalue weighted by Gasteiger charge is -2.18. The van der Waals surface area contributed by atoms with Gasteiger partial charge >= 0.3 is 0 Å². The highest BCUT2D eigenvalue weighted by atomic mass is 35.5. The molecule has 0 radical (unpaired) electrons. The molecule has 3 rings (SSSR count). The summed E-state index contributed by atoms with van der Waals surface area (Å²) in [5.74, 6) is 0. The maximum Gasteiger partial charge on any atom is 0.206 e. The highest BCUT2D eigenvalue weighted by Gasteiger charge is 2.44. The Morgan fingerprint density at radius 1 is 1.14 bits per heavy atom. The molecule has 22 heavy (non-hydrogen) atoms. The first-order chi connectivity index (χ1) is 10.4. The van der Waals surface area contributed by atoms with Gasteiger partial charge in [-0.25, -0.2) is 4.98 Å². The Morgan fingerprint density at radius 2 is 1.82 bits per heavy atom. The molecular weight excluding hydrogens is 378 g/mol. The molecule has 2 aromatic rings. The molecule has 1 aromatic heterocycles. The van der Waals surface area contributed by atoms with Crippen molar-refractivity contribution < 1.29 is 20.1 Å². The van der Waals surface area contributed by atoms with Crippen LogP contribution >= 0.6 is 46.4 Å². The molecule has 0 saturated carbocycles. The van der Waals surface area contributed by atoms with E-state index in [9.17, 15) is 10.2 Å². The Bertz CT molecular complexity index is 738. The molecule has 3 N–H and O–H groups in total. The Morgan fingerprint density at radius 3 is 2.41 bits per heavy atom. The van der Waals surface area contributed by atoms with Crippen molar-refractivity contribution in [1.29, 1.82) is 0 Å². The second kappa shape index (κ2) is 5.96. The minimum absolute atomic E-state index is 0.0231. The molecule has 6 nitrogen and oxygen atoms in total. The van der Waals surface area contributed by atoms with Crippen LogP contribution in [0.2, 0.25) is 20.4 Å². The van der Waals surface area contributed by atoms with Crippen LogP contribution in [0.5, 0.6) is 0 Å². The number of benzene rings is 1. The zero-order chi connectivity index (χ0) is 16.2. The number of aromatic nitrogens is 2. The van der Waals surface area contributed by atoms with Crippen molar-refractivity contribution in [3.05, 3.63) is 26.4 Å². The van der Waals surface area contributed by atoms with Crippen LogP contribution < -0.4 is 0 Å². The van der Waals surface area contributed by atoms with E-state index in [0.29, 0.717) is 11.0 Å². The zero-order valence-electron chi connectivity index (χ0n) is 10.8. The van der Waals surface area contributed by atoms with Gasteiger partial charge in [0, 0.05) is 0 Å². The normalized spacial score (nSPS) is 28.7. The third kappa shape index (κ3) is 2.39. The largest absolute Gasteiger partial charge is 0.394 e. The maximum atomic E-state index is 10.1. The molecule has 1 aliphatic heterocycles. The maximum absolute atomic E-state index is 10.1. The Hall–Kier alpha value is -0.310. The topological polar surface area (TPSA) is 87.7 Å². The number of rotatable bonds is 2. The van der Waals surface area contributed by atoms with Gasteiger partial charge in [-0.3, -0.25) is 4.57 Å². The molecule has 4 atom stereocenters. The minimum Gasteiger partial charge on any atom is -0.394 e. The van der Waals surface area contributed by atoms with Crippen LogP contribution in [0.15, 0.2) is 6.07 Å². The van der Waals surface area contributed by atoms with Crippen LogP contribution in [0, 0.1) is 0 Å². The van der Waals surface area contributed by atoms with Gasteiger partial charge in [0.05, 0.1) is 27.2 Å². The molecule has 0 unspecified atom stereocenters. The number of aliphatic hydroxyl groups is 3. The lowest BCUT2D eigenvalue weighted by molar-refractivity contribution is -0.0507. The fraction of sp³-hybridized carbons (Fsp3) is 0.417. The first-order valence-corrected chi connectivity index (χ1v) is 7.71. The summed E-state index contributed by atoms with van der Waals surface area (Å²) in [4.78, 5) is 4.09. The molecule has 1 fully saturated rings. The fourth-order valence-corrected chi connectivity index (χ4v) is 3.35. The molecule has 1 aromatic carbocycles. The van der Waals surface area contributed by atoms with Gasteiger partial charge in [0.2, 0.25) is 5.28 Å². The monoisotopic (exact) mass is 386 g/mol. The predicted octanol–water partition coefficient (Wildman–Crippen LogP) is 2.26. The van der Waals surface area contributed by atoms with Gasteiger partial charge in [0.15, 0.2) is 6.23 Å². The Labute approximate surface area is 144 Å². The average Bonchev–Trinajstić information content (AvgIpc) is 2.95. The van der Waals surface area contributed by atoms with Gasteiger partial charge in [-0.2, -0.15) is 0 Å². The van der Waals surface area contributed by atoms with Gasteiger partial charge in [0.1, 0.15) is 23.8 Å². The number of halogens is 4. The van der Waals surface area contributed by atoms with Crippen molar-refractivity contribution in [3.63, 3.8) is 0 Å². The number of nitrogens with zero attached hydrogens (tertiary/aromatic N) is 2. The van der Waals surface area contributed by atoms with Crippen LogP contribution in [-0.4, -0.2) is 49.8 Å². The van der Waals surface area contributed by atoms with Crippen LogP contribution in [-0.2, 0) is 4.74 Å². The van der Waals surface area contributed by atoms with Crippen molar-refractivity contribution in [2.45, 2.75) is 24.5 Å². The molecule has 1 saturated heterocycles. The molecule has 0 amide bonds. The van der Waals surface area contributed by atoms with Gasteiger partial charge in [-0.1, -0.05) is 34.8 Å². The molecule has 1 aliphatic rings. The predicted molar refractivity (Wildman–Crippen MR) is 82.8 cm³/mol. The molecule has 2 heterocycles. The molecule has 120 valence electrons. The van der Waals surface area contributed by atoms with Crippen LogP contribution in [0.25, 0.3) is 11.0 Å². The zero-order valence-corrected chi connectivity index (χ0v) is 13.8. The molecule has 0 bridgehead atoms. The van der Waals surface area contributed by atoms with Crippen molar-refractivity contribution in [3.8, 4) is 0 Å². The van der Waals surface area contributed by atoms with E-state index in [1.54, 1.807) is 0 Å². The van der Waals surface area contributed by atoms with E-state index in [-0.39, 0.29) is 20.4 Å². The van der Waals surface area contributed by atoms with Crippen LogP contribution in [0.4, 0.5) is 0 Å². The summed E-state index contributed by atoms with van der Waals surface area (Å²) in [5, 5.41) is 29.6. The number of ether oxygens (including phenoxy) is 1. The summed E-state index contributed by atoms with van der Waals surface area (Å²) in [6.07, 6.45) is -4.55. The van der Waals surface area contributed by atoms with Gasteiger partial charge in [-0.05, 0) is 17.7 Å². The summed E-state index contributed by atoms with van der Waals surface area (Å²) in [5.41, 5.74) is 0.679. The molecule has 0 aliphatic carbocycles. The highest BCUT2D eigenvalue weighted by Crippen LogP contribution is 2.41. The Kier molecular flexibility index (Phi) is 4.48. The van der Waals surface area contributed by atoms with Gasteiger partial charge in [0.25, 0.3) is 0 Å². The summed E-state index contributed by atoms with van der Waals surface area (Å²) in [6.45, 7) is -0.452. The van der Waals surface area contributed by atoms with E-state index in [0.717, 1.165) is 0 Å². The number of aliphatic hydroxyl groups excluding tert-OH is 3. The van der Waals surface area contributed by atoms with Crippen molar-refractivity contribution >= 4 is 57.4 Å². The average molecular weight is 388 g/mol. The first kappa shape index (κ1) is 16.5.